The Morgan fingerprint density at radius 1 is 1.46 bits per heavy atom. The van der Waals surface area contributed by atoms with Crippen molar-refractivity contribution < 1.29 is 29.1 Å². The topological polar surface area (TPSA) is 86.7 Å². The Morgan fingerprint density at radius 3 is 2.85 bits per heavy atom. The van der Waals surface area contributed by atoms with Gasteiger partial charge in [-0.3, -0.25) is 14.4 Å². The number of carbonyl (C=O) groups excluding carboxylic acids is 3. The Hall–Kier alpha value is -2.21. The first kappa shape index (κ1) is 12.2. The van der Waals surface area contributed by atoms with Crippen LogP contribution in [-0.4, -0.2) is 47.3 Å². The molecule has 6 nitrogen and oxygen atoms in total. The highest BCUT2D eigenvalue weighted by atomic mass is 16.3. The first-order valence-corrected chi connectivity index (χ1v) is 8.25. The number of hydrogen-bond donors (Lipinski definition) is 2. The lowest BCUT2D eigenvalue weighted by Gasteiger charge is -2.24. The van der Waals surface area contributed by atoms with Gasteiger partial charge >= 0.3 is 0 Å². The molecule has 26 heavy (non-hydrogen) atoms. The van der Waals surface area contributed by atoms with Crippen molar-refractivity contribution in [1.82, 2.24) is 10.2 Å². The summed E-state index contributed by atoms with van der Waals surface area (Å²) in [6.45, 7) is -1.31. The van der Waals surface area contributed by atoms with Crippen molar-refractivity contribution in [2.45, 2.75) is 45.6 Å². The zero-order valence-corrected chi connectivity index (χ0v) is 15.0. The van der Waals surface area contributed by atoms with Crippen LogP contribution >= 0.6 is 0 Å². The van der Waals surface area contributed by atoms with Crippen molar-refractivity contribution in [3.8, 4) is 0 Å². The van der Waals surface area contributed by atoms with E-state index >= 15 is 0 Å². The maximum atomic E-state index is 12.9. The molecule has 2 amide bonds. The SMILES string of the molecule is [2H]C1([2H])CN(C)C(=O)[C@@H](NC(=O)[C@H](C)CC(=O)[C@@]([2H])(O)C([2H])(C)C([2H])([2H])[2H])c2ccccc21. The summed E-state index contributed by atoms with van der Waals surface area (Å²) in [7, 11) is 1.41. The second-order valence-corrected chi connectivity index (χ2v) is 6.40. The van der Waals surface area contributed by atoms with E-state index in [1.807, 2.05) is 0 Å². The third-order valence-electron chi connectivity index (χ3n) is 4.25. The van der Waals surface area contributed by atoms with Gasteiger partial charge in [-0.25, -0.2) is 0 Å². The summed E-state index contributed by atoms with van der Waals surface area (Å²) in [5, 5.41) is 12.7. The monoisotopic (exact) mass is 367 g/mol. The Kier molecular flexibility index (Phi) is 3.97. The van der Waals surface area contributed by atoms with Crippen LogP contribution in [0.4, 0.5) is 0 Å². The van der Waals surface area contributed by atoms with Crippen molar-refractivity contribution in [3.05, 3.63) is 35.4 Å². The first-order valence-electron chi connectivity index (χ1n) is 11.7. The summed E-state index contributed by atoms with van der Waals surface area (Å²) < 4.78 is 54.3. The maximum Gasteiger partial charge on any atom is 0.249 e. The summed E-state index contributed by atoms with van der Waals surface area (Å²) in [6.07, 6.45) is -5.90. The smallest absolute Gasteiger partial charge is 0.249 e. The lowest BCUT2D eigenvalue weighted by Crippen LogP contribution is -2.43. The molecule has 2 N–H and O–H groups in total. The highest BCUT2D eigenvalue weighted by molar-refractivity contribution is 5.92. The van der Waals surface area contributed by atoms with Gasteiger partial charge in [0.15, 0.2) is 5.78 Å². The molecule has 6 heteroatoms. The normalized spacial score (nSPS) is 29.4. The second-order valence-electron chi connectivity index (χ2n) is 6.40. The van der Waals surface area contributed by atoms with Crippen molar-refractivity contribution in [1.29, 1.82) is 0 Å². The molecule has 1 heterocycles. The van der Waals surface area contributed by atoms with Crippen LogP contribution in [0.5, 0.6) is 0 Å². The fraction of sp³-hybridized carbons (Fsp3) is 0.550. The van der Waals surface area contributed by atoms with E-state index < -0.39 is 61.2 Å². The average molecular weight is 367 g/mol. The highest BCUT2D eigenvalue weighted by Crippen LogP contribution is 2.25. The van der Waals surface area contributed by atoms with Gasteiger partial charge in [0.05, 0.1) is 1.37 Å². The molecule has 0 radical (unpaired) electrons. The van der Waals surface area contributed by atoms with Gasteiger partial charge in [-0.2, -0.15) is 0 Å². The second kappa shape index (κ2) is 8.45. The number of likely N-dealkylation sites (N-methyl/N-ethyl adjacent to an activating group) is 1. The number of ketones is 1. The number of hydrogen-bond acceptors (Lipinski definition) is 4. The van der Waals surface area contributed by atoms with Crippen LogP contribution in [0.15, 0.2) is 24.3 Å². The van der Waals surface area contributed by atoms with Gasteiger partial charge in [0, 0.05) is 34.2 Å². The molecule has 1 aliphatic rings. The van der Waals surface area contributed by atoms with Gasteiger partial charge in [0.1, 0.15) is 12.1 Å². The lowest BCUT2D eigenvalue weighted by atomic mass is 9.94. The van der Waals surface area contributed by atoms with Gasteiger partial charge in [-0.1, -0.05) is 45.0 Å². The molecular weight excluding hydrogens is 332 g/mol. The molecule has 0 bridgehead atoms. The number of carbonyl (C=O) groups is 3. The summed E-state index contributed by atoms with van der Waals surface area (Å²) in [4.78, 5) is 39.4. The predicted molar refractivity (Wildman–Crippen MR) is 98.3 cm³/mol. The fourth-order valence-corrected chi connectivity index (χ4v) is 2.65. The molecule has 1 aliphatic heterocycles. The van der Waals surface area contributed by atoms with Gasteiger partial charge in [-0.15, -0.1) is 0 Å². The summed E-state index contributed by atoms with van der Waals surface area (Å²) in [5.74, 6) is -6.68. The standard InChI is InChI=1S/C20H28N2O4/c1-12(2)18(24)16(23)11-13(3)19(25)21-17-15-8-6-5-7-14(15)9-10-22(4)20(17)26/h5-8,12-13,17-18,24H,9-11H2,1-4H3,(H,21,25)/t13-,17+,18+/m1/s1/i1D3,9D2,12D,18D/t12?,13-,17+,18+. The summed E-state index contributed by atoms with van der Waals surface area (Å²) in [5.41, 5.74) is 0.502. The van der Waals surface area contributed by atoms with E-state index in [9.17, 15) is 19.5 Å². The fourth-order valence-electron chi connectivity index (χ4n) is 2.65. The lowest BCUT2D eigenvalue weighted by molar-refractivity contribution is -0.137. The summed E-state index contributed by atoms with van der Waals surface area (Å²) >= 11 is 0. The van der Waals surface area contributed by atoms with Crippen LogP contribution in [0.2, 0.25) is 0 Å². The molecular formula is C20H28N2O4. The van der Waals surface area contributed by atoms with E-state index in [0.29, 0.717) is 0 Å². The van der Waals surface area contributed by atoms with Crippen LogP contribution in [0.1, 0.15) is 53.9 Å². The van der Waals surface area contributed by atoms with E-state index in [1.54, 1.807) is 12.1 Å². The molecule has 0 aliphatic carbocycles. The van der Waals surface area contributed by atoms with E-state index in [4.69, 9.17) is 9.60 Å². The number of Topliss-reactive ketones (excluding diaryl/α,β-unsaturated/α-hetero) is 1. The Bertz CT molecular complexity index is 947. The third kappa shape index (κ3) is 4.49. The molecule has 0 saturated heterocycles. The highest BCUT2D eigenvalue weighted by Gasteiger charge is 2.32. The molecule has 0 fully saturated rings. The molecule has 1 aromatic rings. The number of aliphatic hydroxyl groups is 1. The molecule has 0 saturated carbocycles. The number of nitrogens with zero attached hydrogens (tertiary/aromatic N) is 1. The van der Waals surface area contributed by atoms with Crippen molar-refractivity contribution in [3.63, 3.8) is 0 Å². The van der Waals surface area contributed by atoms with Gasteiger partial charge in [-0.05, 0) is 23.4 Å². The zero-order valence-electron chi connectivity index (χ0n) is 22.0. The van der Waals surface area contributed by atoms with Crippen LogP contribution in [0.3, 0.4) is 0 Å². The van der Waals surface area contributed by atoms with Gasteiger partial charge in [0.25, 0.3) is 0 Å². The van der Waals surface area contributed by atoms with Gasteiger partial charge in [0.2, 0.25) is 11.8 Å². The minimum Gasteiger partial charge on any atom is -0.385 e. The van der Waals surface area contributed by atoms with Crippen LogP contribution in [0, 0.1) is 11.8 Å². The van der Waals surface area contributed by atoms with Crippen LogP contribution < -0.4 is 5.32 Å². The van der Waals surface area contributed by atoms with Crippen molar-refractivity contribution in [2.75, 3.05) is 13.6 Å². The quantitative estimate of drug-likeness (QED) is 0.797. The number of nitrogens with one attached hydrogen (secondary N) is 1. The van der Waals surface area contributed by atoms with Crippen LogP contribution in [0.25, 0.3) is 0 Å². The average Bonchev–Trinajstić information content (AvgIpc) is 2.75. The van der Waals surface area contributed by atoms with Crippen molar-refractivity contribution >= 4 is 17.6 Å². The molecule has 142 valence electrons. The van der Waals surface area contributed by atoms with Crippen molar-refractivity contribution in [2.24, 2.45) is 11.8 Å². The molecule has 2 rings (SSSR count). The molecule has 0 spiro atoms. The third-order valence-corrected chi connectivity index (χ3v) is 4.25. The Balaban J connectivity index is 2.26. The van der Waals surface area contributed by atoms with Gasteiger partial charge < -0.3 is 15.3 Å². The summed E-state index contributed by atoms with van der Waals surface area (Å²) in [6, 6.07) is 5.04. The zero-order chi connectivity index (χ0) is 25.6. The van der Waals surface area contributed by atoms with E-state index in [0.717, 1.165) is 11.8 Å². The first-order chi connectivity index (χ1) is 14.8. The predicted octanol–water partition coefficient (Wildman–Crippen LogP) is 1.47. The number of amides is 2. The van der Waals surface area contributed by atoms with Crippen LogP contribution in [-0.2, 0) is 20.8 Å². The number of benzene rings is 1. The number of fused-ring (bicyclic) bond motifs is 1. The molecule has 1 aromatic carbocycles. The van der Waals surface area contributed by atoms with E-state index in [-0.39, 0.29) is 17.7 Å². The van der Waals surface area contributed by atoms with E-state index in [2.05, 4.69) is 5.32 Å². The maximum absolute atomic E-state index is 12.9. The molecule has 0 aromatic heterocycles. The molecule has 1 unspecified atom stereocenters. The largest absolute Gasteiger partial charge is 0.385 e. The molecule has 4 atom stereocenters. The minimum absolute atomic E-state index is 0.230. The van der Waals surface area contributed by atoms with E-state index in [1.165, 1.54) is 26.1 Å². The Morgan fingerprint density at radius 2 is 2.15 bits per heavy atom. The Labute approximate surface area is 164 Å². The minimum atomic E-state index is -3.30. The number of rotatable bonds is 6.